The maximum absolute atomic E-state index is 14.0. The van der Waals surface area contributed by atoms with E-state index in [-0.39, 0.29) is 5.69 Å². The van der Waals surface area contributed by atoms with Crippen molar-refractivity contribution in [3.05, 3.63) is 63.5 Å². The van der Waals surface area contributed by atoms with Crippen molar-refractivity contribution < 1.29 is 18.8 Å². The van der Waals surface area contributed by atoms with Gasteiger partial charge in [-0.1, -0.05) is 6.07 Å². The van der Waals surface area contributed by atoms with E-state index in [0.29, 0.717) is 29.0 Å². The van der Waals surface area contributed by atoms with Crippen LogP contribution in [0.15, 0.2) is 36.4 Å². The number of carbonyl (C=O) groups is 1. The van der Waals surface area contributed by atoms with Crippen molar-refractivity contribution in [1.29, 1.82) is 0 Å². The van der Waals surface area contributed by atoms with E-state index in [1.165, 1.54) is 29.2 Å². The van der Waals surface area contributed by atoms with Gasteiger partial charge in [0, 0.05) is 24.1 Å². The Hall–Kier alpha value is -3.16. The number of rotatable bonds is 2. The number of amides is 2. The van der Waals surface area contributed by atoms with Crippen molar-refractivity contribution in [2.24, 2.45) is 0 Å². The molecule has 1 saturated heterocycles. The molecule has 0 unspecified atom stereocenters. The molecular weight excluding hydrogens is 341 g/mol. The number of nitrogens with zero attached hydrogens (tertiary/aromatic N) is 2. The zero-order valence-electron chi connectivity index (χ0n) is 14.2. The molecule has 2 bridgehead atoms. The summed E-state index contributed by atoms with van der Waals surface area (Å²) in [5.41, 5.74) is 0.346. The molecular formula is C18H16FN3O4. The summed E-state index contributed by atoms with van der Waals surface area (Å²) in [7, 11) is 0. The average molecular weight is 357 g/mol. The third-order valence-corrected chi connectivity index (χ3v) is 4.88. The van der Waals surface area contributed by atoms with E-state index in [2.05, 4.69) is 5.32 Å². The van der Waals surface area contributed by atoms with Crippen LogP contribution >= 0.6 is 0 Å². The van der Waals surface area contributed by atoms with Gasteiger partial charge >= 0.3 is 6.03 Å². The van der Waals surface area contributed by atoms with E-state index >= 15 is 0 Å². The molecule has 0 aromatic heterocycles. The number of non-ortho nitro benzene ring substituents is 1. The second-order valence-corrected chi connectivity index (χ2v) is 6.73. The molecule has 2 heterocycles. The molecule has 2 aromatic rings. The number of anilines is 1. The lowest BCUT2D eigenvalue weighted by atomic mass is 9.90. The smallest absolute Gasteiger partial charge is 0.325 e. The van der Waals surface area contributed by atoms with E-state index in [9.17, 15) is 19.3 Å². The van der Waals surface area contributed by atoms with Crippen LogP contribution in [0, 0.1) is 22.9 Å². The van der Waals surface area contributed by atoms with Crippen LogP contribution in [0.1, 0.15) is 30.5 Å². The lowest BCUT2D eigenvalue weighted by Crippen LogP contribution is -2.65. The van der Waals surface area contributed by atoms with Crippen LogP contribution in [0.2, 0.25) is 0 Å². The first-order valence-corrected chi connectivity index (χ1v) is 8.13. The standard InChI is InChI=1S/C18H16FN3O4/c1-10-3-4-11(8-14(10)19)21-17(23)20-15-9-18(21,2)26-16-6-5-12(22(24)25)7-13(15)16/h3-8,15H,9H2,1-2H3,(H,20,23)/t15-,18+/m1/s1. The summed E-state index contributed by atoms with van der Waals surface area (Å²) in [5.74, 6) is 0.0554. The van der Waals surface area contributed by atoms with E-state index in [4.69, 9.17) is 4.74 Å². The maximum Gasteiger partial charge on any atom is 0.325 e. The Morgan fingerprint density at radius 1 is 1.35 bits per heavy atom. The summed E-state index contributed by atoms with van der Waals surface area (Å²) in [4.78, 5) is 24.6. The maximum atomic E-state index is 14.0. The highest BCUT2D eigenvalue weighted by molar-refractivity contribution is 5.95. The Balaban J connectivity index is 1.78. The second kappa shape index (κ2) is 5.42. The van der Waals surface area contributed by atoms with Gasteiger partial charge < -0.3 is 10.1 Å². The Morgan fingerprint density at radius 3 is 2.81 bits per heavy atom. The summed E-state index contributed by atoms with van der Waals surface area (Å²) in [5, 5.41) is 13.9. The molecule has 7 nitrogen and oxygen atoms in total. The first kappa shape index (κ1) is 16.3. The molecule has 0 aliphatic carbocycles. The Bertz CT molecular complexity index is 948. The highest BCUT2D eigenvalue weighted by Crippen LogP contribution is 2.46. The number of benzene rings is 2. The summed E-state index contributed by atoms with van der Waals surface area (Å²) in [6.45, 7) is 3.40. The van der Waals surface area contributed by atoms with E-state index in [0.717, 1.165) is 0 Å². The van der Waals surface area contributed by atoms with Gasteiger partial charge in [0.2, 0.25) is 0 Å². The SMILES string of the molecule is Cc1ccc(N2C(=O)N[C@@H]3C[C@]2(C)Oc2ccc([N+](=O)[O-])cc23)cc1F. The van der Waals surface area contributed by atoms with Crippen LogP contribution in [0.5, 0.6) is 5.75 Å². The van der Waals surface area contributed by atoms with Crippen molar-refractivity contribution >= 4 is 17.4 Å². The van der Waals surface area contributed by atoms with Gasteiger partial charge in [-0.15, -0.1) is 0 Å². The minimum Gasteiger partial charge on any atom is -0.467 e. The third kappa shape index (κ3) is 2.37. The number of carbonyl (C=O) groups excluding carboxylic acids is 1. The number of nitro benzene ring substituents is 1. The molecule has 2 aliphatic heterocycles. The predicted molar refractivity (Wildman–Crippen MR) is 91.6 cm³/mol. The zero-order chi connectivity index (χ0) is 18.6. The molecule has 4 rings (SSSR count). The van der Waals surface area contributed by atoms with E-state index < -0.39 is 28.5 Å². The number of fused-ring (bicyclic) bond motifs is 4. The second-order valence-electron chi connectivity index (χ2n) is 6.73. The fraction of sp³-hybridized carbons (Fsp3) is 0.278. The molecule has 0 saturated carbocycles. The third-order valence-electron chi connectivity index (χ3n) is 4.88. The normalized spacial score (nSPS) is 23.7. The topological polar surface area (TPSA) is 84.7 Å². The van der Waals surface area contributed by atoms with Crippen molar-refractivity contribution in [3.63, 3.8) is 0 Å². The largest absolute Gasteiger partial charge is 0.467 e. The predicted octanol–water partition coefficient (Wildman–Crippen LogP) is 3.81. The average Bonchev–Trinajstić information content (AvgIpc) is 2.57. The van der Waals surface area contributed by atoms with Crippen LogP contribution in [0.25, 0.3) is 0 Å². The van der Waals surface area contributed by atoms with Gasteiger partial charge in [0.1, 0.15) is 11.6 Å². The molecule has 26 heavy (non-hydrogen) atoms. The van der Waals surface area contributed by atoms with Crippen molar-refractivity contribution in [3.8, 4) is 5.75 Å². The van der Waals surface area contributed by atoms with Gasteiger partial charge in [0.25, 0.3) is 5.69 Å². The van der Waals surface area contributed by atoms with Crippen LogP contribution in [0.3, 0.4) is 0 Å². The number of hydrogen-bond donors (Lipinski definition) is 1. The van der Waals surface area contributed by atoms with Crippen LogP contribution < -0.4 is 15.0 Å². The molecule has 2 atom stereocenters. The first-order chi connectivity index (χ1) is 12.3. The van der Waals surface area contributed by atoms with Gasteiger partial charge in [-0.05, 0) is 37.6 Å². The number of hydrogen-bond acceptors (Lipinski definition) is 4. The van der Waals surface area contributed by atoms with Gasteiger partial charge in [0.05, 0.1) is 16.7 Å². The van der Waals surface area contributed by atoms with Gasteiger partial charge in [-0.25, -0.2) is 9.18 Å². The molecule has 0 radical (unpaired) electrons. The highest BCUT2D eigenvalue weighted by atomic mass is 19.1. The summed E-state index contributed by atoms with van der Waals surface area (Å²) >= 11 is 0. The minimum atomic E-state index is -1.03. The molecule has 1 N–H and O–H groups in total. The first-order valence-electron chi connectivity index (χ1n) is 8.13. The quantitative estimate of drug-likeness (QED) is 0.654. The van der Waals surface area contributed by atoms with Crippen molar-refractivity contribution in [2.45, 2.75) is 32.0 Å². The van der Waals surface area contributed by atoms with E-state index in [1.807, 2.05) is 0 Å². The number of halogens is 1. The van der Waals surface area contributed by atoms with Crippen molar-refractivity contribution in [2.75, 3.05) is 4.90 Å². The molecule has 1 fully saturated rings. The fourth-order valence-electron chi connectivity index (χ4n) is 3.59. The minimum absolute atomic E-state index is 0.0618. The molecule has 2 aliphatic rings. The van der Waals surface area contributed by atoms with Gasteiger partial charge in [-0.2, -0.15) is 0 Å². The molecule has 2 aromatic carbocycles. The number of nitrogens with one attached hydrogen (secondary N) is 1. The number of ether oxygens (including phenoxy) is 1. The van der Waals surface area contributed by atoms with Gasteiger partial charge in [-0.3, -0.25) is 15.0 Å². The van der Waals surface area contributed by atoms with Crippen LogP contribution in [-0.4, -0.2) is 16.7 Å². The zero-order valence-corrected chi connectivity index (χ0v) is 14.2. The molecule has 134 valence electrons. The highest BCUT2D eigenvalue weighted by Gasteiger charge is 2.50. The number of aryl methyl sites for hydroxylation is 1. The lowest BCUT2D eigenvalue weighted by molar-refractivity contribution is -0.385. The Morgan fingerprint density at radius 2 is 2.12 bits per heavy atom. The monoisotopic (exact) mass is 357 g/mol. The van der Waals surface area contributed by atoms with Crippen LogP contribution in [-0.2, 0) is 0 Å². The summed E-state index contributed by atoms with van der Waals surface area (Å²) in [6.07, 6.45) is 0.377. The molecule has 0 spiro atoms. The van der Waals surface area contributed by atoms with E-state index in [1.54, 1.807) is 26.0 Å². The number of urea groups is 1. The number of nitro groups is 1. The molecule has 8 heteroatoms. The Labute approximate surface area is 148 Å². The fourth-order valence-corrected chi connectivity index (χ4v) is 3.59. The Kier molecular flexibility index (Phi) is 3.40. The van der Waals surface area contributed by atoms with Crippen LogP contribution in [0.4, 0.5) is 20.6 Å². The summed E-state index contributed by atoms with van der Waals surface area (Å²) in [6, 6.07) is 8.03. The lowest BCUT2D eigenvalue weighted by Gasteiger charge is -2.50. The van der Waals surface area contributed by atoms with Crippen molar-refractivity contribution in [1.82, 2.24) is 5.32 Å². The summed E-state index contributed by atoms with van der Waals surface area (Å²) < 4.78 is 20.1. The molecule has 2 amide bonds. The van der Waals surface area contributed by atoms with Gasteiger partial charge in [0.15, 0.2) is 5.72 Å².